The first-order chi connectivity index (χ1) is 88.5. The van der Waals surface area contributed by atoms with E-state index in [2.05, 4.69) is 29.9 Å². The molecule has 0 aliphatic rings. The van der Waals surface area contributed by atoms with Gasteiger partial charge in [0.1, 0.15) is 33.9 Å². The molecule has 24 heteroatoms. The Morgan fingerprint density at radius 2 is 0.370 bits per heavy atom. The third-order valence-electron chi connectivity index (χ3n) is 20.2. The summed E-state index contributed by atoms with van der Waals surface area (Å²) in [5, 5.41) is 0. The lowest BCUT2D eigenvalue weighted by Crippen LogP contribution is -2.24. The molecule has 0 saturated heterocycles. The summed E-state index contributed by atoms with van der Waals surface area (Å²) in [5.41, 5.74) is -2.79. The largest absolute Gasteiger partial charge is 0.348 e. The van der Waals surface area contributed by atoms with Gasteiger partial charge in [0.2, 0.25) is 35.4 Å². The molecule has 12 heterocycles. The number of hydrogen-bond acceptors (Lipinski definition) is 12. The van der Waals surface area contributed by atoms with Crippen molar-refractivity contribution in [3.05, 3.63) is 356 Å². The molecule has 6 amide bonds. The van der Waals surface area contributed by atoms with Crippen LogP contribution in [0.1, 0.15) is 176 Å². The smallest absolute Gasteiger partial charge is 0.228 e. The zero-order valence-electron chi connectivity index (χ0n) is 133. The first kappa shape index (κ1) is 50.2. The van der Waals surface area contributed by atoms with Gasteiger partial charge in [-0.05, 0) is 152 Å². The summed E-state index contributed by atoms with van der Waals surface area (Å²) in [6.45, 7) is -11.5. The maximum atomic E-state index is 12.7. The maximum Gasteiger partial charge on any atom is 0.228 e. The Bertz CT molecular complexity index is 10400. The maximum absolute atomic E-state index is 12.7. The second-order valence-electron chi connectivity index (χ2n) is 32.0. The summed E-state index contributed by atoms with van der Waals surface area (Å²) in [6, 6.07) is -1.69. The SMILES string of the molecule is [2H]c1c(C([2H])([2H])[2H])c([2H])n2c(CC(=O)N(C)C)c(-c3ccc(C([2H])([2H])[2H])cc3)nc2c1[2H].[2H]c1c(C)c([2H])n2c(CC(=O)N(C)C)c(-c3ccc(C([2H])([2H])[2H])cc3)nc2c1[2H].[2H]c1c([2H])c(-c2nc3c([2H])c([2H])c(C([2H])([2H])[2H])c([2H])n3c2CC(=O)N(C)C)c([2H])c([2H])c1C.[2H]c1c([2H])c(-c2nc3c([2H])c([2H])c(C)c([2H])n3c2CC(=O)N(C)C)c([2H])c([2H])c1C.[2H]c1c([2H])c(C([2H])([2H])[2H])c([2H])c([2H])c1-c1nc2c([2H])c([2H])c(C([2H])([2H])[2H])c([2H])n2c1CC(=O)N(C)C.[2H]c1c([2H])c(C([2H])([2H])[2H])c([2H])c([2H])c1-c1nc2c([2H])c([2H])c(C)c([2H])n2c1CC(=O)N(C)C. The Balaban J connectivity index is 0.000000187. The van der Waals surface area contributed by atoms with Crippen LogP contribution in [-0.2, 0) is 67.3 Å². The number of amides is 6. The second kappa shape index (κ2) is 43.7. The molecule has 0 radical (unpaired) electrons. The number of fused-ring (bicyclic) bond motifs is 6. The normalized spacial score (nSPS) is 17.3. The van der Waals surface area contributed by atoms with E-state index < -0.39 is 233 Å². The molecule has 708 valence electrons. The summed E-state index contributed by atoms with van der Waals surface area (Å²) < 4.78 is 448. The highest BCUT2D eigenvalue weighted by atomic mass is 16.2. The average molecular weight is 1900 g/mol. The van der Waals surface area contributed by atoms with E-state index in [1.807, 2.05) is 0 Å². The first-order valence-corrected chi connectivity index (χ1v) is 41.8. The minimum atomic E-state index is -2.96. The van der Waals surface area contributed by atoms with Crippen LogP contribution in [0.5, 0.6) is 0 Å². The number of hydrogen-bond donors (Lipinski definition) is 0. The summed E-state index contributed by atoms with van der Waals surface area (Å²) >= 11 is 0. The van der Waals surface area contributed by atoms with Crippen LogP contribution in [-0.4, -0.2) is 206 Å². The van der Waals surface area contributed by atoms with Crippen molar-refractivity contribution in [2.45, 2.75) is 121 Å². The number of aromatic nitrogens is 12. The number of carbonyl (C=O) groups is 6. The van der Waals surface area contributed by atoms with Crippen molar-refractivity contribution in [3.8, 4) is 67.5 Å². The van der Waals surface area contributed by atoms with Crippen molar-refractivity contribution in [3.63, 3.8) is 0 Å². The molecule has 18 rings (SSSR count). The second-order valence-corrected chi connectivity index (χ2v) is 32.0. The number of carbonyl (C=O) groups excluding carboxylic acids is 6. The van der Waals surface area contributed by atoms with E-state index in [0.717, 1.165) is 13.2 Å². The number of aryl methyl sites for hydroxylation is 2. The van der Waals surface area contributed by atoms with Crippen LogP contribution in [0.15, 0.2) is 255 Å². The summed E-state index contributed by atoms with van der Waals surface area (Å²) in [5.74, 6) is -2.29. The Morgan fingerprint density at radius 1 is 0.210 bits per heavy atom. The lowest BCUT2D eigenvalue weighted by molar-refractivity contribution is -0.128. The van der Waals surface area contributed by atoms with Gasteiger partial charge in [-0.15, -0.1) is 0 Å². The van der Waals surface area contributed by atoms with Gasteiger partial charge >= 0.3 is 0 Å². The predicted molar refractivity (Wildman–Crippen MR) is 555 cm³/mol. The Labute approximate surface area is 886 Å². The van der Waals surface area contributed by atoms with E-state index in [9.17, 15) is 28.8 Å². The summed E-state index contributed by atoms with van der Waals surface area (Å²) in [4.78, 5) is 109. The molecule has 24 nitrogen and oxygen atoms in total. The molecular formula is C114H126N18O6. The molecule has 0 N–H and O–H groups in total. The zero-order valence-corrected chi connectivity index (χ0v) is 77.9. The molecule has 0 spiro atoms. The third kappa shape index (κ3) is 24.1. The molecule has 0 aliphatic heterocycles. The zero-order chi connectivity index (χ0) is 146. The monoisotopic (exact) mass is 1900 g/mol. The fourth-order valence-electron chi connectivity index (χ4n) is 12.9. The minimum absolute atomic E-state index is 0.000387. The molecular weight excluding hydrogens is 1720 g/mol. The van der Waals surface area contributed by atoms with Crippen LogP contribution < -0.4 is 0 Å². The molecule has 12 aromatic heterocycles. The highest BCUT2D eigenvalue weighted by Gasteiger charge is 2.26. The van der Waals surface area contributed by atoms with Crippen molar-refractivity contribution in [1.29, 1.82) is 0 Å². The molecule has 0 fully saturated rings. The Kier molecular flexibility index (Phi) is 15.9. The van der Waals surface area contributed by atoms with E-state index in [-0.39, 0.29) is 270 Å². The topological polar surface area (TPSA) is 226 Å². The van der Waals surface area contributed by atoms with Crippen molar-refractivity contribution in [2.24, 2.45) is 0 Å². The quantitative estimate of drug-likeness (QED) is 0.0782. The molecule has 6 aromatic carbocycles. The number of benzene rings is 6. The van der Waals surface area contributed by atoms with Gasteiger partial charge in [0.25, 0.3) is 0 Å². The fourth-order valence-corrected chi connectivity index (χ4v) is 12.9. The average Bonchev–Trinajstić information content (AvgIpc) is 1.57. The minimum Gasteiger partial charge on any atom is -0.348 e. The molecule has 0 aliphatic carbocycles. The first-order valence-electron chi connectivity index (χ1n) is 69.3. The predicted octanol–water partition coefficient (Wildman–Crippen LogP) is 19.5. The molecule has 0 bridgehead atoms. The highest BCUT2D eigenvalue weighted by Crippen LogP contribution is 2.34. The number of imidazole rings is 6. The molecule has 0 unspecified atom stereocenters. The summed E-state index contributed by atoms with van der Waals surface area (Å²) in [7, 11) is 18.3. The van der Waals surface area contributed by atoms with Gasteiger partial charge in [0.15, 0.2) is 0 Å². The van der Waals surface area contributed by atoms with Gasteiger partial charge in [-0.1, -0.05) is 215 Å². The van der Waals surface area contributed by atoms with Crippen LogP contribution >= 0.6 is 0 Å². The molecule has 18 aromatic rings. The lowest BCUT2D eigenvalue weighted by atomic mass is 10.1. The highest BCUT2D eigenvalue weighted by molar-refractivity contribution is 5.87. The Hall–Kier alpha value is -15.7. The van der Waals surface area contributed by atoms with Crippen molar-refractivity contribution in [1.82, 2.24) is 85.7 Å². The van der Waals surface area contributed by atoms with E-state index in [1.54, 1.807) is 61.3 Å². The van der Waals surface area contributed by atoms with Crippen molar-refractivity contribution in [2.75, 3.05) is 84.6 Å². The fraction of sp³-hybridized carbons (Fsp3) is 0.263. The van der Waals surface area contributed by atoms with Crippen LogP contribution in [0.4, 0.5) is 0 Å². The standard InChI is InChI=1S/6C19H21N3O/c6*1-13-5-8-15(9-6-13)19-16(11-18(23)21(3)4)22-12-14(2)7-10-17(22)20-19/h6*5-10,12H,11H2,1-4H3/i1D3,2D3,5D,6D,7D,8D,9D,10D,12D;2D3,5D,6D,7D,8D,9D,10D,12D;1D3,5D,6D,7D,8D,9D,10D,12D;5D,6D,7D,8D,9D,10D,12D;1D3,2D3,7D,10D,12D;1D3,7D,10D,12D. The number of rotatable bonds is 18. The van der Waals surface area contributed by atoms with E-state index >= 15 is 0 Å². The van der Waals surface area contributed by atoms with Crippen LogP contribution in [0.25, 0.3) is 101 Å². The van der Waals surface area contributed by atoms with Gasteiger partial charge in [-0.3, -0.25) is 28.8 Å². The van der Waals surface area contributed by atoms with E-state index in [1.165, 1.54) is 149 Å². The van der Waals surface area contributed by atoms with Crippen molar-refractivity contribution < 1.29 is 104 Å². The van der Waals surface area contributed by atoms with E-state index in [4.69, 9.17) is 75.4 Å². The number of nitrogens with zero attached hydrogens (tertiary/aromatic N) is 18. The number of pyridine rings is 6. The molecule has 0 atom stereocenters. The van der Waals surface area contributed by atoms with Gasteiger partial charge in [0.05, 0.1) is 153 Å². The Morgan fingerprint density at radius 3 is 0.551 bits per heavy atom. The van der Waals surface area contributed by atoms with Gasteiger partial charge < -0.3 is 55.8 Å². The van der Waals surface area contributed by atoms with E-state index in [0.29, 0.717) is 28.1 Å². The van der Waals surface area contributed by atoms with Crippen LogP contribution in [0.3, 0.4) is 0 Å². The molecule has 0 saturated carbocycles. The summed E-state index contributed by atoms with van der Waals surface area (Å²) in [6.07, 6.45) is -4.08. The van der Waals surface area contributed by atoms with Crippen molar-refractivity contribution >= 4 is 69.3 Å². The van der Waals surface area contributed by atoms with Gasteiger partial charge in [-0.2, -0.15) is 0 Å². The van der Waals surface area contributed by atoms with Crippen LogP contribution in [0, 0.1) is 82.6 Å². The van der Waals surface area contributed by atoms with Gasteiger partial charge in [-0.25, -0.2) is 29.9 Å². The number of likely N-dealkylation sites (N-methyl/N-ethyl adjacent to an activating group) is 6. The third-order valence-corrected chi connectivity index (χ3v) is 20.2. The van der Waals surface area contributed by atoms with Crippen LogP contribution in [0.2, 0.25) is 0 Å². The molecule has 138 heavy (non-hydrogen) atoms. The lowest BCUT2D eigenvalue weighted by Gasteiger charge is -2.11. The van der Waals surface area contributed by atoms with Gasteiger partial charge in [0, 0.05) is 184 Å².